The molecule has 2 aliphatic rings. The summed E-state index contributed by atoms with van der Waals surface area (Å²) in [7, 11) is 1.65. The number of rotatable bonds is 9. The molecule has 1 aromatic heterocycles. The van der Waals surface area contributed by atoms with Gasteiger partial charge in [-0.2, -0.15) is 0 Å². The predicted molar refractivity (Wildman–Crippen MR) is 152 cm³/mol. The van der Waals surface area contributed by atoms with E-state index in [1.807, 2.05) is 36.4 Å². The second-order valence-electron chi connectivity index (χ2n) is 10.9. The highest BCUT2D eigenvalue weighted by atomic mass is 16.5. The lowest BCUT2D eigenvalue weighted by molar-refractivity contribution is 0.0512. The predicted octanol–water partition coefficient (Wildman–Crippen LogP) is 6.41. The summed E-state index contributed by atoms with van der Waals surface area (Å²) in [6.07, 6.45) is 6.31. The number of carbonyl (C=O) groups is 1. The molecule has 5 rings (SSSR count). The maximum Gasteiger partial charge on any atom is 0.376 e. The van der Waals surface area contributed by atoms with Crippen LogP contribution in [0.25, 0.3) is 0 Å². The van der Waals surface area contributed by atoms with Gasteiger partial charge in [-0.1, -0.05) is 32.4 Å². The molecule has 1 fully saturated rings. The fourth-order valence-electron chi connectivity index (χ4n) is 5.45. The molecule has 3 aromatic rings. The maximum atomic E-state index is 12.8. The normalized spacial score (nSPS) is 16.5. The lowest BCUT2D eigenvalue weighted by atomic mass is 9.88. The molecule has 39 heavy (non-hydrogen) atoms. The third-order valence-corrected chi connectivity index (χ3v) is 7.46. The number of nitrogens with one attached hydrogen (secondary N) is 1. The molecule has 0 atom stereocenters. The number of fused-ring (bicyclic) bond motifs is 1. The van der Waals surface area contributed by atoms with Crippen LogP contribution in [0.1, 0.15) is 74.6 Å². The van der Waals surface area contributed by atoms with Crippen molar-refractivity contribution in [1.29, 1.82) is 0 Å². The summed E-state index contributed by atoms with van der Waals surface area (Å²) in [5, 5.41) is 3.47. The van der Waals surface area contributed by atoms with E-state index in [-0.39, 0.29) is 17.8 Å². The molecule has 8 heteroatoms. The van der Waals surface area contributed by atoms with Crippen LogP contribution in [0.5, 0.6) is 11.5 Å². The zero-order valence-electron chi connectivity index (χ0n) is 23.3. The quantitative estimate of drug-likeness (QED) is 0.318. The Morgan fingerprint density at radius 1 is 1.00 bits per heavy atom. The summed E-state index contributed by atoms with van der Waals surface area (Å²) in [6, 6.07) is 16.1. The standard InChI is InChI=1S/C31H38N4O4/c1-5-38-30(36)28-33-27(32-19-21-11-15-23(37-4)16-12-21)26-29(34-28)35(20-31(26,2)3)22-13-17-25(18-14-22)39-24-9-7-6-8-10-24/h11-18,24H,5-10,19-20H2,1-4H3,(H,32,33,34). The first-order valence-corrected chi connectivity index (χ1v) is 13.9. The van der Waals surface area contributed by atoms with Crippen molar-refractivity contribution >= 4 is 23.3 Å². The second-order valence-corrected chi connectivity index (χ2v) is 10.9. The van der Waals surface area contributed by atoms with Crippen LogP contribution in [0.3, 0.4) is 0 Å². The largest absolute Gasteiger partial charge is 0.497 e. The van der Waals surface area contributed by atoms with Gasteiger partial charge in [-0.25, -0.2) is 14.8 Å². The number of benzene rings is 2. The molecule has 0 spiro atoms. The summed E-state index contributed by atoms with van der Waals surface area (Å²) in [5.41, 5.74) is 2.78. The summed E-state index contributed by atoms with van der Waals surface area (Å²) in [5.74, 6) is 2.57. The van der Waals surface area contributed by atoms with Crippen LogP contribution < -0.4 is 19.7 Å². The van der Waals surface area contributed by atoms with Gasteiger partial charge in [-0.3, -0.25) is 0 Å². The van der Waals surface area contributed by atoms with Crippen LogP contribution >= 0.6 is 0 Å². The molecule has 0 amide bonds. The Bertz CT molecular complexity index is 1290. The van der Waals surface area contributed by atoms with Gasteiger partial charge in [0.1, 0.15) is 23.1 Å². The number of esters is 1. The number of hydrogen-bond acceptors (Lipinski definition) is 8. The van der Waals surface area contributed by atoms with Crippen LogP contribution in [0.4, 0.5) is 17.3 Å². The van der Waals surface area contributed by atoms with Gasteiger partial charge in [0.05, 0.1) is 19.8 Å². The Balaban J connectivity index is 1.45. The average Bonchev–Trinajstić information content (AvgIpc) is 3.23. The van der Waals surface area contributed by atoms with Gasteiger partial charge < -0.3 is 24.4 Å². The Morgan fingerprint density at radius 2 is 1.69 bits per heavy atom. The van der Waals surface area contributed by atoms with Gasteiger partial charge in [0.25, 0.3) is 0 Å². The van der Waals surface area contributed by atoms with Crippen molar-refractivity contribution < 1.29 is 19.0 Å². The van der Waals surface area contributed by atoms with E-state index in [1.165, 1.54) is 19.3 Å². The van der Waals surface area contributed by atoms with E-state index >= 15 is 0 Å². The van der Waals surface area contributed by atoms with Gasteiger partial charge in [-0.05, 0) is 74.6 Å². The van der Waals surface area contributed by atoms with Crippen molar-refractivity contribution in [2.45, 2.75) is 70.9 Å². The fourth-order valence-corrected chi connectivity index (χ4v) is 5.45. The summed E-state index contributed by atoms with van der Waals surface area (Å²) in [4.78, 5) is 24.3. The van der Waals surface area contributed by atoms with E-state index in [1.54, 1.807) is 14.0 Å². The zero-order chi connectivity index (χ0) is 27.4. The highest BCUT2D eigenvalue weighted by Gasteiger charge is 2.41. The summed E-state index contributed by atoms with van der Waals surface area (Å²) >= 11 is 0. The molecule has 0 bridgehead atoms. The van der Waals surface area contributed by atoms with Crippen molar-refractivity contribution in [3.8, 4) is 11.5 Å². The molecular weight excluding hydrogens is 492 g/mol. The van der Waals surface area contributed by atoms with Crippen molar-refractivity contribution in [3.05, 3.63) is 65.5 Å². The molecule has 1 N–H and O–H groups in total. The Kier molecular flexibility index (Phi) is 7.91. The van der Waals surface area contributed by atoms with E-state index in [2.05, 4.69) is 41.2 Å². The molecule has 8 nitrogen and oxygen atoms in total. The van der Waals surface area contributed by atoms with Gasteiger partial charge >= 0.3 is 5.97 Å². The van der Waals surface area contributed by atoms with Crippen LogP contribution in [-0.4, -0.2) is 42.3 Å². The molecule has 2 heterocycles. The highest BCUT2D eigenvalue weighted by Crippen LogP contribution is 2.46. The molecule has 0 unspecified atom stereocenters. The number of aromatic nitrogens is 2. The Morgan fingerprint density at radius 3 is 2.36 bits per heavy atom. The molecule has 206 valence electrons. The number of carbonyl (C=O) groups excluding carboxylic acids is 1. The third-order valence-electron chi connectivity index (χ3n) is 7.46. The minimum absolute atomic E-state index is 0.0489. The number of anilines is 3. The molecular formula is C31H38N4O4. The lowest BCUT2D eigenvalue weighted by Gasteiger charge is -2.24. The molecule has 0 radical (unpaired) electrons. The Labute approximate surface area is 230 Å². The van der Waals surface area contributed by atoms with Gasteiger partial charge in [-0.15, -0.1) is 0 Å². The topological polar surface area (TPSA) is 85.8 Å². The minimum Gasteiger partial charge on any atom is -0.497 e. The van der Waals surface area contributed by atoms with Crippen molar-refractivity contribution in [3.63, 3.8) is 0 Å². The number of methoxy groups -OCH3 is 1. The SMILES string of the molecule is CCOC(=O)c1nc(NCc2ccc(OC)cc2)c2c(n1)N(c1ccc(OC3CCCCC3)cc1)CC2(C)C. The number of nitrogens with zero attached hydrogens (tertiary/aromatic N) is 3. The Hall–Kier alpha value is -3.81. The monoisotopic (exact) mass is 530 g/mol. The first-order valence-electron chi connectivity index (χ1n) is 13.9. The zero-order valence-corrected chi connectivity index (χ0v) is 23.3. The highest BCUT2D eigenvalue weighted by molar-refractivity contribution is 5.88. The number of hydrogen-bond donors (Lipinski definition) is 1. The molecule has 1 saturated carbocycles. The van der Waals surface area contributed by atoms with Gasteiger partial charge in [0.2, 0.25) is 5.82 Å². The molecule has 2 aromatic carbocycles. The van der Waals surface area contributed by atoms with E-state index in [9.17, 15) is 4.79 Å². The van der Waals surface area contributed by atoms with Crippen LogP contribution in [-0.2, 0) is 16.7 Å². The van der Waals surface area contributed by atoms with E-state index < -0.39 is 5.97 Å². The lowest BCUT2D eigenvalue weighted by Crippen LogP contribution is -2.25. The van der Waals surface area contributed by atoms with Crippen LogP contribution in [0, 0.1) is 0 Å². The molecule has 1 aliphatic carbocycles. The van der Waals surface area contributed by atoms with E-state index in [0.717, 1.165) is 47.0 Å². The van der Waals surface area contributed by atoms with E-state index in [0.29, 0.717) is 25.0 Å². The van der Waals surface area contributed by atoms with E-state index in [4.69, 9.17) is 19.2 Å². The third kappa shape index (κ3) is 5.95. The minimum atomic E-state index is -0.534. The van der Waals surface area contributed by atoms with Crippen molar-refractivity contribution in [2.75, 3.05) is 30.5 Å². The molecule has 1 aliphatic heterocycles. The van der Waals surface area contributed by atoms with Crippen molar-refractivity contribution in [1.82, 2.24) is 9.97 Å². The summed E-state index contributed by atoms with van der Waals surface area (Å²) < 4.78 is 16.8. The van der Waals surface area contributed by atoms with Crippen LogP contribution in [0.15, 0.2) is 48.5 Å². The fraction of sp³-hybridized carbons (Fsp3) is 0.452. The molecule has 0 saturated heterocycles. The van der Waals surface area contributed by atoms with Crippen molar-refractivity contribution in [2.24, 2.45) is 0 Å². The smallest absolute Gasteiger partial charge is 0.376 e. The summed E-state index contributed by atoms with van der Waals surface area (Å²) in [6.45, 7) is 7.63. The average molecular weight is 531 g/mol. The maximum absolute atomic E-state index is 12.8. The first kappa shape index (κ1) is 26.8. The van der Waals surface area contributed by atoms with Crippen LogP contribution in [0.2, 0.25) is 0 Å². The first-order chi connectivity index (χ1) is 18.9. The second kappa shape index (κ2) is 11.5. The van der Waals surface area contributed by atoms with Gasteiger partial charge in [0.15, 0.2) is 0 Å². The van der Waals surface area contributed by atoms with Gasteiger partial charge in [0, 0.05) is 29.8 Å². The number of ether oxygens (including phenoxy) is 3.